The zero-order chi connectivity index (χ0) is 14.7. The molecular formula is C14H21N3O3. The first-order chi connectivity index (χ1) is 9.52. The highest BCUT2D eigenvalue weighted by molar-refractivity contribution is 5.47. The van der Waals surface area contributed by atoms with E-state index in [4.69, 9.17) is 5.11 Å². The van der Waals surface area contributed by atoms with E-state index in [0.717, 1.165) is 31.6 Å². The van der Waals surface area contributed by atoms with Crippen LogP contribution in [0.2, 0.25) is 0 Å². The van der Waals surface area contributed by atoms with Crippen LogP contribution in [0.1, 0.15) is 29.7 Å². The van der Waals surface area contributed by atoms with Gasteiger partial charge in [-0.1, -0.05) is 0 Å². The van der Waals surface area contributed by atoms with Gasteiger partial charge < -0.3 is 5.11 Å². The molecule has 2 rings (SSSR count). The molecule has 0 spiro atoms. The summed E-state index contributed by atoms with van der Waals surface area (Å²) >= 11 is 0. The maximum atomic E-state index is 11.1. The van der Waals surface area contributed by atoms with Gasteiger partial charge in [0.25, 0.3) is 5.69 Å². The molecule has 1 fully saturated rings. The fraction of sp³-hybridized carbons (Fsp3) is 0.643. The van der Waals surface area contributed by atoms with E-state index in [1.54, 1.807) is 20.0 Å². The summed E-state index contributed by atoms with van der Waals surface area (Å²) in [6.45, 7) is 6.21. The van der Waals surface area contributed by atoms with Crippen molar-refractivity contribution < 1.29 is 10.0 Å². The number of aliphatic hydroxyl groups is 1. The minimum Gasteiger partial charge on any atom is -0.396 e. The van der Waals surface area contributed by atoms with Crippen LogP contribution in [0.3, 0.4) is 0 Å². The van der Waals surface area contributed by atoms with Gasteiger partial charge in [-0.15, -0.1) is 0 Å². The summed E-state index contributed by atoms with van der Waals surface area (Å²) in [6, 6.07) is 0. The molecule has 110 valence electrons. The fourth-order valence-corrected chi connectivity index (χ4v) is 2.74. The molecule has 6 heteroatoms. The lowest BCUT2D eigenvalue weighted by molar-refractivity contribution is -0.386. The molecular weight excluding hydrogens is 258 g/mol. The zero-order valence-corrected chi connectivity index (χ0v) is 12.0. The fourth-order valence-electron chi connectivity index (χ4n) is 2.74. The van der Waals surface area contributed by atoms with E-state index in [0.29, 0.717) is 23.6 Å². The van der Waals surface area contributed by atoms with Gasteiger partial charge in [0.05, 0.1) is 10.6 Å². The summed E-state index contributed by atoms with van der Waals surface area (Å²) in [5.74, 6) is 0.396. The molecule has 0 atom stereocenters. The van der Waals surface area contributed by atoms with Crippen molar-refractivity contribution in [3.8, 4) is 0 Å². The van der Waals surface area contributed by atoms with Gasteiger partial charge in [-0.3, -0.25) is 20.0 Å². The van der Waals surface area contributed by atoms with Crippen LogP contribution in [0.5, 0.6) is 0 Å². The first-order valence-electron chi connectivity index (χ1n) is 6.95. The normalized spacial score (nSPS) is 17.4. The number of hydrogen-bond donors (Lipinski definition) is 1. The minimum absolute atomic E-state index is 0.181. The maximum absolute atomic E-state index is 11.1. The second-order valence-electron chi connectivity index (χ2n) is 5.52. The van der Waals surface area contributed by atoms with Gasteiger partial charge in [0, 0.05) is 30.5 Å². The zero-order valence-electron chi connectivity index (χ0n) is 12.0. The average Bonchev–Trinajstić information content (AvgIpc) is 2.42. The second-order valence-corrected chi connectivity index (χ2v) is 5.52. The summed E-state index contributed by atoms with van der Waals surface area (Å²) in [6.07, 6.45) is 3.54. The van der Waals surface area contributed by atoms with Crippen LogP contribution in [0.15, 0.2) is 6.20 Å². The van der Waals surface area contributed by atoms with E-state index in [9.17, 15) is 10.1 Å². The Labute approximate surface area is 118 Å². The van der Waals surface area contributed by atoms with Crippen molar-refractivity contribution in [2.45, 2.75) is 33.2 Å². The number of aromatic nitrogens is 1. The van der Waals surface area contributed by atoms with Crippen LogP contribution in [-0.2, 0) is 6.54 Å². The molecule has 1 aromatic rings. The Morgan fingerprint density at radius 1 is 1.45 bits per heavy atom. The first kappa shape index (κ1) is 14.9. The number of nitro groups is 1. The van der Waals surface area contributed by atoms with E-state index in [2.05, 4.69) is 9.88 Å². The Kier molecular flexibility index (Phi) is 4.67. The molecule has 6 nitrogen and oxygen atoms in total. The van der Waals surface area contributed by atoms with Crippen LogP contribution in [0, 0.1) is 29.9 Å². The SMILES string of the molecule is Cc1cnc(CN2CCC(CO)CC2)c(C)c1[N+](=O)[O-]. The first-order valence-corrected chi connectivity index (χ1v) is 6.95. The Balaban J connectivity index is 2.11. The van der Waals surface area contributed by atoms with Gasteiger partial charge in [-0.2, -0.15) is 0 Å². The van der Waals surface area contributed by atoms with Crippen molar-refractivity contribution in [2.75, 3.05) is 19.7 Å². The third-order valence-electron chi connectivity index (χ3n) is 4.10. The van der Waals surface area contributed by atoms with Crippen LogP contribution >= 0.6 is 0 Å². The summed E-state index contributed by atoms with van der Waals surface area (Å²) in [7, 11) is 0. The number of nitrogens with zero attached hydrogens (tertiary/aromatic N) is 3. The molecule has 0 radical (unpaired) electrons. The minimum atomic E-state index is -0.326. The van der Waals surface area contributed by atoms with E-state index in [1.165, 1.54) is 0 Å². The molecule has 1 aliphatic rings. The van der Waals surface area contributed by atoms with Gasteiger partial charge in [0.1, 0.15) is 0 Å². The van der Waals surface area contributed by atoms with Crippen LogP contribution in [0.4, 0.5) is 5.69 Å². The summed E-state index contributed by atoms with van der Waals surface area (Å²) in [4.78, 5) is 17.4. The van der Waals surface area contributed by atoms with Crippen LogP contribution in [0.25, 0.3) is 0 Å². The standard InChI is InChI=1S/C14H21N3O3/c1-10-7-15-13(11(2)14(10)17(19)20)8-16-5-3-12(9-18)4-6-16/h7,12,18H,3-6,8-9H2,1-2H3. The number of rotatable bonds is 4. The number of pyridine rings is 1. The highest BCUT2D eigenvalue weighted by atomic mass is 16.6. The van der Waals surface area contributed by atoms with Crippen LogP contribution < -0.4 is 0 Å². The molecule has 1 N–H and O–H groups in total. The third-order valence-corrected chi connectivity index (χ3v) is 4.10. The van der Waals surface area contributed by atoms with Gasteiger partial charge in [0.2, 0.25) is 0 Å². The Hall–Kier alpha value is -1.53. The Morgan fingerprint density at radius 3 is 2.65 bits per heavy atom. The van der Waals surface area contributed by atoms with Crippen molar-refractivity contribution in [1.82, 2.24) is 9.88 Å². The van der Waals surface area contributed by atoms with Gasteiger partial charge in [0.15, 0.2) is 0 Å². The monoisotopic (exact) mass is 279 g/mol. The molecule has 0 saturated carbocycles. The number of aryl methyl sites for hydroxylation is 1. The molecule has 0 amide bonds. The molecule has 2 heterocycles. The summed E-state index contributed by atoms with van der Waals surface area (Å²) in [5.41, 5.74) is 2.24. The molecule has 1 aliphatic heterocycles. The maximum Gasteiger partial charge on any atom is 0.278 e. The van der Waals surface area contributed by atoms with Gasteiger partial charge in [-0.25, -0.2) is 0 Å². The molecule has 20 heavy (non-hydrogen) atoms. The van der Waals surface area contributed by atoms with Crippen LogP contribution in [-0.4, -0.2) is 39.6 Å². The summed E-state index contributed by atoms with van der Waals surface area (Å²) in [5, 5.41) is 20.2. The number of piperidine rings is 1. The molecule has 1 aromatic heterocycles. The number of aliphatic hydroxyl groups excluding tert-OH is 1. The highest BCUT2D eigenvalue weighted by Gasteiger charge is 2.22. The van der Waals surface area contributed by atoms with Crippen molar-refractivity contribution >= 4 is 5.69 Å². The quantitative estimate of drug-likeness (QED) is 0.671. The van der Waals surface area contributed by atoms with Crippen molar-refractivity contribution in [1.29, 1.82) is 0 Å². The lowest BCUT2D eigenvalue weighted by Crippen LogP contribution is -2.34. The van der Waals surface area contributed by atoms with E-state index < -0.39 is 0 Å². The smallest absolute Gasteiger partial charge is 0.278 e. The van der Waals surface area contributed by atoms with Gasteiger partial charge in [-0.05, 0) is 45.7 Å². The van der Waals surface area contributed by atoms with E-state index in [1.807, 2.05) is 0 Å². The number of likely N-dealkylation sites (tertiary alicyclic amines) is 1. The number of hydrogen-bond acceptors (Lipinski definition) is 5. The molecule has 0 bridgehead atoms. The molecule has 1 saturated heterocycles. The predicted molar refractivity (Wildman–Crippen MR) is 75.5 cm³/mol. The third kappa shape index (κ3) is 3.13. The average molecular weight is 279 g/mol. The largest absolute Gasteiger partial charge is 0.396 e. The Morgan fingerprint density at radius 2 is 2.10 bits per heavy atom. The lowest BCUT2D eigenvalue weighted by atomic mass is 9.97. The van der Waals surface area contributed by atoms with Crippen molar-refractivity contribution in [2.24, 2.45) is 5.92 Å². The molecule has 0 aromatic carbocycles. The predicted octanol–water partition coefficient (Wildman–Crippen LogP) is 1.81. The topological polar surface area (TPSA) is 79.5 Å². The second kappa shape index (κ2) is 6.28. The Bertz CT molecular complexity index is 497. The van der Waals surface area contributed by atoms with Crippen molar-refractivity contribution in [3.63, 3.8) is 0 Å². The summed E-state index contributed by atoms with van der Waals surface area (Å²) < 4.78 is 0. The molecule has 0 unspecified atom stereocenters. The van der Waals surface area contributed by atoms with E-state index >= 15 is 0 Å². The van der Waals surface area contributed by atoms with Crippen molar-refractivity contribution in [3.05, 3.63) is 33.1 Å². The molecule has 0 aliphatic carbocycles. The lowest BCUT2D eigenvalue weighted by Gasteiger charge is -2.31. The highest BCUT2D eigenvalue weighted by Crippen LogP contribution is 2.26. The van der Waals surface area contributed by atoms with Gasteiger partial charge >= 0.3 is 0 Å². The van der Waals surface area contributed by atoms with E-state index in [-0.39, 0.29) is 17.2 Å².